The fraction of sp³-hybridized carbons (Fsp3) is 0.680. The molecule has 1 aliphatic heterocycles. The second kappa shape index (κ2) is 9.59. The molecule has 0 spiro atoms. The smallest absolute Gasteiger partial charge is 0.338 e. The SMILES string of the molecule is CCOc1cc(C(=O)OCC(=O)N2CC3(C)CC2CC(C)(C)C3)cc(OCC)c1OCC. The predicted molar refractivity (Wildman–Crippen MR) is 121 cm³/mol. The van der Waals surface area contributed by atoms with Crippen molar-refractivity contribution in [3.8, 4) is 17.2 Å². The second-order valence-corrected chi connectivity index (χ2v) is 9.91. The summed E-state index contributed by atoms with van der Waals surface area (Å²) in [6.07, 6.45) is 3.10. The summed E-state index contributed by atoms with van der Waals surface area (Å²) in [5.74, 6) is 0.580. The summed E-state index contributed by atoms with van der Waals surface area (Å²) in [6, 6.07) is 3.38. The number of hydrogen-bond acceptors (Lipinski definition) is 6. The minimum absolute atomic E-state index is 0.134. The topological polar surface area (TPSA) is 74.3 Å². The van der Waals surface area contributed by atoms with Crippen LogP contribution in [0.4, 0.5) is 0 Å². The van der Waals surface area contributed by atoms with E-state index in [0.717, 1.165) is 25.8 Å². The van der Waals surface area contributed by atoms with Gasteiger partial charge in [-0.1, -0.05) is 20.8 Å². The Morgan fingerprint density at radius 3 is 2.12 bits per heavy atom. The first-order valence-electron chi connectivity index (χ1n) is 11.6. The van der Waals surface area contributed by atoms with Crippen LogP contribution in [0.3, 0.4) is 0 Å². The summed E-state index contributed by atoms with van der Waals surface area (Å²) >= 11 is 0. The molecular formula is C25H37NO6. The van der Waals surface area contributed by atoms with Crippen LogP contribution in [0.25, 0.3) is 0 Å². The zero-order chi connectivity index (χ0) is 23.5. The molecule has 2 fully saturated rings. The van der Waals surface area contributed by atoms with Gasteiger partial charge in [-0.2, -0.15) is 0 Å². The van der Waals surface area contributed by atoms with Crippen LogP contribution in [0.2, 0.25) is 0 Å². The van der Waals surface area contributed by atoms with E-state index >= 15 is 0 Å². The number of amides is 1. The average molecular weight is 448 g/mol. The van der Waals surface area contributed by atoms with Gasteiger partial charge in [0.2, 0.25) is 5.75 Å². The van der Waals surface area contributed by atoms with Gasteiger partial charge in [0, 0.05) is 12.6 Å². The van der Waals surface area contributed by atoms with Gasteiger partial charge >= 0.3 is 5.97 Å². The van der Waals surface area contributed by atoms with E-state index < -0.39 is 5.97 Å². The number of carbonyl (C=O) groups excluding carboxylic acids is 2. The lowest BCUT2D eigenvalue weighted by Crippen LogP contribution is -2.39. The van der Waals surface area contributed by atoms with Crippen LogP contribution < -0.4 is 14.2 Å². The lowest BCUT2D eigenvalue weighted by molar-refractivity contribution is -0.135. The van der Waals surface area contributed by atoms with Crippen LogP contribution in [-0.4, -0.2) is 55.8 Å². The van der Waals surface area contributed by atoms with Gasteiger partial charge in [-0.15, -0.1) is 0 Å². The van der Waals surface area contributed by atoms with Gasteiger partial charge in [0.05, 0.1) is 25.4 Å². The first kappa shape index (κ1) is 24.2. The van der Waals surface area contributed by atoms with Crippen molar-refractivity contribution >= 4 is 11.9 Å². The monoisotopic (exact) mass is 447 g/mol. The van der Waals surface area contributed by atoms with E-state index in [1.807, 2.05) is 25.7 Å². The fourth-order valence-corrected chi connectivity index (χ4v) is 5.55. The summed E-state index contributed by atoms with van der Waals surface area (Å²) in [7, 11) is 0. The molecule has 2 bridgehead atoms. The van der Waals surface area contributed by atoms with Crippen LogP contribution in [0.15, 0.2) is 12.1 Å². The van der Waals surface area contributed by atoms with Crippen molar-refractivity contribution in [2.45, 2.75) is 66.8 Å². The molecule has 7 heteroatoms. The summed E-state index contributed by atoms with van der Waals surface area (Å²) < 4.78 is 22.4. The maximum Gasteiger partial charge on any atom is 0.338 e. The van der Waals surface area contributed by atoms with Crippen molar-refractivity contribution < 1.29 is 28.5 Å². The fourth-order valence-electron chi connectivity index (χ4n) is 5.55. The van der Waals surface area contributed by atoms with Crippen molar-refractivity contribution in [1.82, 2.24) is 4.90 Å². The van der Waals surface area contributed by atoms with E-state index in [0.29, 0.717) is 37.1 Å². The number of carbonyl (C=O) groups is 2. The van der Waals surface area contributed by atoms with Crippen LogP contribution in [-0.2, 0) is 9.53 Å². The molecule has 1 aromatic rings. The van der Waals surface area contributed by atoms with Gasteiger partial charge in [0.15, 0.2) is 18.1 Å². The third-order valence-electron chi connectivity index (χ3n) is 6.21. The van der Waals surface area contributed by atoms with Crippen molar-refractivity contribution in [3.63, 3.8) is 0 Å². The minimum Gasteiger partial charge on any atom is -0.490 e. The third kappa shape index (κ3) is 5.30. The quantitative estimate of drug-likeness (QED) is 0.520. The molecule has 2 aliphatic rings. The maximum atomic E-state index is 12.9. The molecule has 1 amide bonds. The molecule has 7 nitrogen and oxygen atoms in total. The van der Waals surface area contributed by atoms with Gasteiger partial charge in [-0.05, 0) is 63.0 Å². The molecular weight excluding hydrogens is 410 g/mol. The number of benzene rings is 1. The van der Waals surface area contributed by atoms with Crippen LogP contribution in [0, 0.1) is 10.8 Å². The van der Waals surface area contributed by atoms with Gasteiger partial charge in [0.25, 0.3) is 5.91 Å². The Morgan fingerprint density at radius 2 is 1.56 bits per heavy atom. The Balaban J connectivity index is 1.71. The van der Waals surface area contributed by atoms with Gasteiger partial charge < -0.3 is 23.8 Å². The average Bonchev–Trinajstić information content (AvgIpc) is 2.97. The standard InChI is InChI=1S/C25H37NO6/c1-7-29-19-10-17(11-20(30-8-2)22(19)31-9-3)23(28)32-14-21(27)26-16-25(6)13-18(26)12-24(4,5)15-25/h10-11,18H,7-9,12-16H2,1-6H3. The van der Waals surface area contributed by atoms with Crippen molar-refractivity contribution in [3.05, 3.63) is 17.7 Å². The number of ether oxygens (including phenoxy) is 4. The van der Waals surface area contributed by atoms with E-state index in [-0.39, 0.29) is 34.9 Å². The largest absolute Gasteiger partial charge is 0.490 e. The van der Waals surface area contributed by atoms with Gasteiger partial charge in [0.1, 0.15) is 0 Å². The summed E-state index contributed by atoms with van der Waals surface area (Å²) in [5.41, 5.74) is 0.623. The number of esters is 1. The second-order valence-electron chi connectivity index (χ2n) is 9.91. The molecule has 32 heavy (non-hydrogen) atoms. The van der Waals surface area contributed by atoms with Gasteiger partial charge in [-0.25, -0.2) is 4.79 Å². The molecule has 3 rings (SSSR count). The lowest BCUT2D eigenvalue weighted by Gasteiger charge is -2.39. The number of fused-ring (bicyclic) bond motifs is 2. The Labute approximate surface area is 191 Å². The molecule has 1 saturated carbocycles. The van der Waals surface area contributed by atoms with Gasteiger partial charge in [-0.3, -0.25) is 4.79 Å². The lowest BCUT2D eigenvalue weighted by atomic mass is 9.65. The Kier molecular flexibility index (Phi) is 7.25. The van der Waals surface area contributed by atoms with Crippen LogP contribution in [0.1, 0.15) is 71.2 Å². The maximum absolute atomic E-state index is 12.9. The summed E-state index contributed by atoms with van der Waals surface area (Å²) in [5, 5.41) is 0. The predicted octanol–water partition coefficient (Wildman–Crippen LogP) is 4.47. The van der Waals surface area contributed by atoms with Crippen molar-refractivity contribution in [2.75, 3.05) is 33.0 Å². The molecule has 0 aromatic heterocycles. The van der Waals surface area contributed by atoms with E-state index in [9.17, 15) is 9.59 Å². The molecule has 2 atom stereocenters. The molecule has 0 N–H and O–H groups in total. The highest BCUT2D eigenvalue weighted by atomic mass is 16.5. The van der Waals surface area contributed by atoms with Crippen LogP contribution in [0.5, 0.6) is 17.2 Å². The Hall–Kier alpha value is -2.44. The Morgan fingerprint density at radius 1 is 0.969 bits per heavy atom. The number of rotatable bonds is 9. The zero-order valence-electron chi connectivity index (χ0n) is 20.3. The first-order valence-corrected chi connectivity index (χ1v) is 11.6. The van der Waals surface area contributed by atoms with E-state index in [1.54, 1.807) is 12.1 Å². The highest BCUT2D eigenvalue weighted by molar-refractivity contribution is 5.93. The minimum atomic E-state index is -0.586. The van der Waals surface area contributed by atoms with E-state index in [2.05, 4.69) is 20.8 Å². The highest BCUT2D eigenvalue weighted by Crippen LogP contribution is 2.52. The summed E-state index contributed by atoms with van der Waals surface area (Å²) in [6.45, 7) is 14.1. The number of likely N-dealkylation sites (tertiary alicyclic amines) is 1. The van der Waals surface area contributed by atoms with E-state index in [1.165, 1.54) is 0 Å². The molecule has 1 aliphatic carbocycles. The number of hydrogen-bond donors (Lipinski definition) is 0. The molecule has 1 aromatic carbocycles. The van der Waals surface area contributed by atoms with Crippen molar-refractivity contribution in [1.29, 1.82) is 0 Å². The molecule has 1 saturated heterocycles. The molecule has 1 heterocycles. The normalized spacial score (nSPS) is 23.6. The molecule has 0 radical (unpaired) electrons. The van der Waals surface area contributed by atoms with Crippen LogP contribution >= 0.6 is 0 Å². The summed E-state index contributed by atoms with van der Waals surface area (Å²) in [4.78, 5) is 27.6. The first-order chi connectivity index (χ1) is 15.1. The number of nitrogens with zero attached hydrogens (tertiary/aromatic N) is 1. The van der Waals surface area contributed by atoms with E-state index in [4.69, 9.17) is 18.9 Å². The molecule has 2 unspecified atom stereocenters. The highest BCUT2D eigenvalue weighted by Gasteiger charge is 2.50. The zero-order valence-corrected chi connectivity index (χ0v) is 20.3. The van der Waals surface area contributed by atoms with Crippen molar-refractivity contribution in [2.24, 2.45) is 10.8 Å². The Bertz CT molecular complexity index is 824. The molecule has 178 valence electrons. The third-order valence-corrected chi connectivity index (χ3v) is 6.21.